The third-order valence-corrected chi connectivity index (χ3v) is 6.57. The van der Waals surface area contributed by atoms with Gasteiger partial charge < -0.3 is 14.8 Å². The van der Waals surface area contributed by atoms with Crippen molar-refractivity contribution in [3.05, 3.63) is 72.0 Å². The summed E-state index contributed by atoms with van der Waals surface area (Å²) in [7, 11) is 0. The maximum absolute atomic E-state index is 6.20. The van der Waals surface area contributed by atoms with E-state index in [0.717, 1.165) is 55.9 Å². The van der Waals surface area contributed by atoms with Crippen LogP contribution in [0.1, 0.15) is 13.1 Å². The Morgan fingerprint density at radius 2 is 1.81 bits per heavy atom. The van der Waals surface area contributed by atoms with Gasteiger partial charge in [-0.25, -0.2) is 0 Å². The van der Waals surface area contributed by atoms with Crippen LogP contribution < -0.4 is 5.32 Å². The van der Waals surface area contributed by atoms with Gasteiger partial charge in [0.25, 0.3) is 0 Å². The molecule has 5 rings (SSSR count). The van der Waals surface area contributed by atoms with Crippen LogP contribution in [0.2, 0.25) is 5.02 Å². The number of anilines is 1. The van der Waals surface area contributed by atoms with E-state index in [1.54, 1.807) is 0 Å². The molecule has 0 amide bonds. The second kappa shape index (κ2) is 8.87. The summed E-state index contributed by atoms with van der Waals surface area (Å²) in [6.45, 7) is 8.76. The van der Waals surface area contributed by atoms with Crippen molar-refractivity contribution >= 4 is 39.1 Å². The maximum atomic E-state index is 6.20. The van der Waals surface area contributed by atoms with E-state index in [2.05, 4.69) is 80.3 Å². The van der Waals surface area contributed by atoms with Crippen molar-refractivity contribution in [2.45, 2.75) is 13.1 Å². The van der Waals surface area contributed by atoms with E-state index in [4.69, 9.17) is 11.6 Å². The highest BCUT2D eigenvalue weighted by Gasteiger charge is 2.22. The van der Waals surface area contributed by atoms with Crippen molar-refractivity contribution in [2.24, 2.45) is 0 Å². The summed E-state index contributed by atoms with van der Waals surface area (Å²) in [4.78, 5) is 9.60. The predicted molar refractivity (Wildman–Crippen MR) is 130 cm³/mol. The van der Waals surface area contributed by atoms with Crippen LogP contribution in [0.4, 0.5) is 5.69 Å². The van der Waals surface area contributed by atoms with Crippen LogP contribution in [0.15, 0.2) is 67.0 Å². The third kappa shape index (κ3) is 4.26. The van der Waals surface area contributed by atoms with Crippen molar-refractivity contribution in [3.8, 4) is 0 Å². The molecule has 31 heavy (non-hydrogen) atoms. The Balaban J connectivity index is 1.49. The minimum absolute atomic E-state index is 0.106. The molecule has 160 valence electrons. The number of para-hydroxylation sites is 1. The number of fused-ring (bicyclic) bond motifs is 2. The molecule has 1 aliphatic heterocycles. The summed E-state index contributed by atoms with van der Waals surface area (Å²) in [6, 6.07) is 18.7. The molecule has 0 spiro atoms. The molecule has 1 fully saturated rings. The van der Waals surface area contributed by atoms with Crippen molar-refractivity contribution in [1.82, 2.24) is 19.4 Å². The Morgan fingerprint density at radius 1 is 1.00 bits per heavy atom. The Hall–Kier alpha value is -2.60. The van der Waals surface area contributed by atoms with Crippen LogP contribution >= 0.6 is 11.6 Å². The van der Waals surface area contributed by atoms with Gasteiger partial charge in [0.15, 0.2) is 0 Å². The molecule has 6 heteroatoms. The summed E-state index contributed by atoms with van der Waals surface area (Å²) in [6.07, 6.45) is 4.16. The number of halogens is 1. The number of nitrogens with zero attached hydrogens (tertiary/aromatic N) is 4. The number of benzene rings is 2. The molecule has 0 radical (unpaired) electrons. The van der Waals surface area contributed by atoms with Gasteiger partial charge in [-0.2, -0.15) is 0 Å². The van der Waals surface area contributed by atoms with Crippen LogP contribution in [0.5, 0.6) is 0 Å². The first-order valence-corrected chi connectivity index (χ1v) is 11.4. The van der Waals surface area contributed by atoms with Gasteiger partial charge >= 0.3 is 0 Å². The zero-order valence-electron chi connectivity index (χ0n) is 17.8. The lowest BCUT2D eigenvalue weighted by Gasteiger charge is -2.37. The van der Waals surface area contributed by atoms with Crippen LogP contribution in [0.25, 0.3) is 21.8 Å². The van der Waals surface area contributed by atoms with Gasteiger partial charge in [-0.05, 0) is 48.3 Å². The minimum Gasteiger partial charge on any atom is -0.363 e. The second-order valence-corrected chi connectivity index (χ2v) is 8.63. The fourth-order valence-electron chi connectivity index (χ4n) is 4.54. The Labute approximate surface area is 188 Å². The molecule has 4 aromatic rings. The zero-order chi connectivity index (χ0) is 21.2. The smallest absolute Gasteiger partial charge is 0.116 e. The first-order chi connectivity index (χ1) is 15.2. The summed E-state index contributed by atoms with van der Waals surface area (Å²) in [5.74, 6) is 0. The van der Waals surface area contributed by atoms with Gasteiger partial charge in [0.2, 0.25) is 0 Å². The van der Waals surface area contributed by atoms with Gasteiger partial charge in [0.1, 0.15) is 6.17 Å². The maximum Gasteiger partial charge on any atom is 0.116 e. The molecule has 1 N–H and O–H groups in total. The molecule has 1 atom stereocenters. The van der Waals surface area contributed by atoms with Gasteiger partial charge in [0.05, 0.1) is 5.52 Å². The van der Waals surface area contributed by atoms with Gasteiger partial charge in [-0.3, -0.25) is 9.88 Å². The average Bonchev–Trinajstić information content (AvgIpc) is 3.23. The Morgan fingerprint density at radius 3 is 2.65 bits per heavy atom. The number of aromatic nitrogens is 2. The van der Waals surface area contributed by atoms with Crippen molar-refractivity contribution in [1.29, 1.82) is 0 Å². The minimum atomic E-state index is 0.106. The standard InChI is InChI=1S/C25H28ClN5/c1-2-29-13-15-30(16-14-29)18-25(31-12-10-19-5-3-4-6-24(19)31)28-22-9-11-27-23-17-20(26)7-8-21(22)23/h3-12,17,25H,2,13-16,18H2,1H3,(H,27,28). The first kappa shape index (κ1) is 20.3. The SMILES string of the molecule is CCN1CCN(CC(Nc2ccnc3cc(Cl)ccc23)n2ccc3ccccc32)CC1. The van der Waals surface area contributed by atoms with E-state index in [-0.39, 0.29) is 6.17 Å². The van der Waals surface area contributed by atoms with E-state index in [0.29, 0.717) is 5.02 Å². The fraction of sp³-hybridized carbons (Fsp3) is 0.320. The number of hydrogen-bond acceptors (Lipinski definition) is 4. The van der Waals surface area contributed by atoms with Crippen molar-refractivity contribution in [2.75, 3.05) is 44.6 Å². The second-order valence-electron chi connectivity index (χ2n) is 8.20. The van der Waals surface area contributed by atoms with Crippen molar-refractivity contribution in [3.63, 3.8) is 0 Å². The highest BCUT2D eigenvalue weighted by Crippen LogP contribution is 2.28. The quantitative estimate of drug-likeness (QED) is 0.459. The summed E-state index contributed by atoms with van der Waals surface area (Å²) >= 11 is 6.20. The average molecular weight is 434 g/mol. The van der Waals surface area contributed by atoms with Gasteiger partial charge in [0, 0.05) is 66.7 Å². The monoisotopic (exact) mass is 433 g/mol. The molecular weight excluding hydrogens is 406 g/mol. The van der Waals surface area contributed by atoms with Gasteiger partial charge in [-0.15, -0.1) is 0 Å². The van der Waals surface area contributed by atoms with Crippen molar-refractivity contribution < 1.29 is 0 Å². The van der Waals surface area contributed by atoms with Crippen LogP contribution in [-0.2, 0) is 0 Å². The van der Waals surface area contributed by atoms with Crippen LogP contribution in [0, 0.1) is 0 Å². The summed E-state index contributed by atoms with van der Waals surface area (Å²) < 4.78 is 2.36. The van der Waals surface area contributed by atoms with E-state index < -0.39 is 0 Å². The highest BCUT2D eigenvalue weighted by molar-refractivity contribution is 6.31. The fourth-order valence-corrected chi connectivity index (χ4v) is 4.71. The normalized spacial score (nSPS) is 16.7. The highest BCUT2D eigenvalue weighted by atomic mass is 35.5. The van der Waals surface area contributed by atoms with E-state index >= 15 is 0 Å². The van der Waals surface area contributed by atoms with E-state index in [9.17, 15) is 0 Å². The lowest BCUT2D eigenvalue weighted by molar-refractivity contribution is 0.127. The van der Waals surface area contributed by atoms with E-state index in [1.807, 2.05) is 18.3 Å². The van der Waals surface area contributed by atoms with Crippen LogP contribution in [-0.4, -0.2) is 58.6 Å². The molecule has 0 aliphatic carbocycles. The number of nitrogens with one attached hydrogen (secondary N) is 1. The predicted octanol–water partition coefficient (Wildman–Crippen LogP) is 5.09. The molecule has 2 aromatic heterocycles. The largest absolute Gasteiger partial charge is 0.363 e. The van der Waals surface area contributed by atoms with E-state index in [1.165, 1.54) is 10.9 Å². The molecule has 0 bridgehead atoms. The van der Waals surface area contributed by atoms with Crippen LogP contribution in [0.3, 0.4) is 0 Å². The summed E-state index contributed by atoms with van der Waals surface area (Å²) in [5, 5.41) is 6.89. The Bertz CT molecular complexity index is 1180. The number of piperazine rings is 1. The number of likely N-dealkylation sites (N-methyl/N-ethyl adjacent to an activating group) is 1. The molecular formula is C25H28ClN5. The first-order valence-electron chi connectivity index (χ1n) is 11.0. The molecule has 3 heterocycles. The molecule has 0 saturated carbocycles. The number of rotatable bonds is 6. The third-order valence-electron chi connectivity index (χ3n) is 6.34. The molecule has 1 aliphatic rings. The lowest BCUT2D eigenvalue weighted by Crippen LogP contribution is -2.48. The molecule has 1 unspecified atom stereocenters. The molecule has 2 aromatic carbocycles. The lowest BCUT2D eigenvalue weighted by atomic mass is 10.2. The number of pyridine rings is 1. The molecule has 1 saturated heterocycles. The Kier molecular flexibility index (Phi) is 5.81. The zero-order valence-corrected chi connectivity index (χ0v) is 18.6. The topological polar surface area (TPSA) is 36.3 Å². The van der Waals surface area contributed by atoms with Gasteiger partial charge in [-0.1, -0.05) is 36.7 Å². The number of hydrogen-bond donors (Lipinski definition) is 1. The molecule has 5 nitrogen and oxygen atoms in total. The summed E-state index contributed by atoms with van der Waals surface area (Å²) in [5.41, 5.74) is 3.23.